The lowest BCUT2D eigenvalue weighted by molar-refractivity contribution is -0.119. The highest BCUT2D eigenvalue weighted by Crippen LogP contribution is 1.80. The number of aliphatic imine (C=N–C) groups is 1. The Hall–Kier alpha value is -1.56. The minimum absolute atomic E-state index is 0.0126. The summed E-state index contributed by atoms with van der Waals surface area (Å²) in [6.45, 7) is 7.11. The number of guanidine groups is 1. The van der Waals surface area contributed by atoms with Crippen LogP contribution in [0.2, 0.25) is 0 Å². The first-order valence-corrected chi connectivity index (χ1v) is 5.00. The quantitative estimate of drug-likeness (QED) is 0.231. The molecule has 0 bridgehead atoms. The zero-order valence-electron chi connectivity index (χ0n) is 9.88. The number of hydrogen-bond acceptors (Lipinski definition) is 3. The number of nitrogens with two attached hydrogens (primary N) is 1. The van der Waals surface area contributed by atoms with Crippen LogP contribution in [0.1, 0.15) is 6.92 Å². The molecule has 6 nitrogen and oxygen atoms in total. The van der Waals surface area contributed by atoms with Crippen molar-refractivity contribution in [2.24, 2.45) is 10.7 Å². The summed E-state index contributed by atoms with van der Waals surface area (Å²) in [5.74, 6) is 0.0574. The first-order chi connectivity index (χ1) is 7.56. The molecule has 0 saturated carbocycles. The van der Waals surface area contributed by atoms with E-state index in [9.17, 15) is 4.79 Å². The number of nitrogens with zero attached hydrogens (tertiary/aromatic N) is 1. The molecule has 0 heterocycles. The van der Waals surface area contributed by atoms with Crippen molar-refractivity contribution in [3.05, 3.63) is 12.2 Å². The third-order valence-corrected chi connectivity index (χ3v) is 1.59. The summed E-state index contributed by atoms with van der Waals surface area (Å²) in [6, 6.07) is 0. The van der Waals surface area contributed by atoms with Crippen LogP contribution in [-0.4, -0.2) is 45.2 Å². The van der Waals surface area contributed by atoms with Crippen LogP contribution < -0.4 is 16.4 Å². The molecule has 0 atom stereocenters. The molecular weight excluding hydrogens is 208 g/mol. The fourth-order valence-electron chi connectivity index (χ4n) is 0.803. The largest absolute Gasteiger partial charge is 0.383 e. The Kier molecular flexibility index (Phi) is 7.87. The Labute approximate surface area is 95.9 Å². The van der Waals surface area contributed by atoms with Crippen molar-refractivity contribution < 1.29 is 9.53 Å². The zero-order chi connectivity index (χ0) is 12.4. The minimum Gasteiger partial charge on any atom is -0.383 e. The second-order valence-electron chi connectivity index (χ2n) is 3.35. The minimum atomic E-state index is -0.183. The number of carbonyl (C=O) groups is 1. The maximum absolute atomic E-state index is 11.2. The number of rotatable bonds is 7. The molecule has 16 heavy (non-hydrogen) atoms. The van der Waals surface area contributed by atoms with Gasteiger partial charge in [0.15, 0.2) is 5.96 Å². The van der Waals surface area contributed by atoms with Crippen molar-refractivity contribution >= 4 is 11.9 Å². The summed E-state index contributed by atoms with van der Waals surface area (Å²) < 4.78 is 4.79. The lowest BCUT2D eigenvalue weighted by Gasteiger charge is -2.05. The van der Waals surface area contributed by atoms with Crippen LogP contribution in [-0.2, 0) is 9.53 Å². The van der Waals surface area contributed by atoms with Gasteiger partial charge in [-0.15, -0.1) is 0 Å². The second-order valence-corrected chi connectivity index (χ2v) is 3.35. The van der Waals surface area contributed by atoms with Crippen LogP contribution in [0.3, 0.4) is 0 Å². The van der Waals surface area contributed by atoms with E-state index in [0.29, 0.717) is 19.7 Å². The molecule has 4 N–H and O–H groups in total. The molecule has 6 heteroatoms. The van der Waals surface area contributed by atoms with Gasteiger partial charge in [-0.05, 0) is 6.92 Å². The van der Waals surface area contributed by atoms with E-state index in [1.165, 1.54) is 0 Å². The highest BCUT2D eigenvalue weighted by atomic mass is 16.5. The molecule has 0 saturated heterocycles. The van der Waals surface area contributed by atoms with Crippen molar-refractivity contribution in [2.45, 2.75) is 6.92 Å². The van der Waals surface area contributed by atoms with Crippen LogP contribution in [0, 0.1) is 0 Å². The monoisotopic (exact) mass is 228 g/mol. The molecule has 0 aromatic heterocycles. The maximum Gasteiger partial charge on any atom is 0.241 e. The SMILES string of the molecule is C=C(C)CNC(N)=NCC(=O)NCCOC. The van der Waals surface area contributed by atoms with Crippen LogP contribution in [0.4, 0.5) is 0 Å². The van der Waals surface area contributed by atoms with E-state index < -0.39 is 0 Å². The van der Waals surface area contributed by atoms with Gasteiger partial charge in [-0.25, -0.2) is 4.99 Å². The third kappa shape index (κ3) is 9.01. The number of carbonyl (C=O) groups excluding carboxylic acids is 1. The molecule has 0 aliphatic rings. The summed E-state index contributed by atoms with van der Waals surface area (Å²) in [7, 11) is 1.57. The number of ether oxygens (including phenoxy) is 1. The fourth-order valence-corrected chi connectivity index (χ4v) is 0.803. The van der Waals surface area contributed by atoms with Crippen LogP contribution in [0.25, 0.3) is 0 Å². The van der Waals surface area contributed by atoms with Gasteiger partial charge in [0.1, 0.15) is 6.54 Å². The summed E-state index contributed by atoms with van der Waals surface area (Å²) in [4.78, 5) is 15.0. The highest BCUT2D eigenvalue weighted by molar-refractivity contribution is 5.83. The van der Waals surface area contributed by atoms with E-state index in [1.807, 2.05) is 6.92 Å². The Bertz CT molecular complexity index is 264. The van der Waals surface area contributed by atoms with Gasteiger partial charge in [-0.2, -0.15) is 0 Å². The van der Waals surface area contributed by atoms with Gasteiger partial charge in [0.2, 0.25) is 5.91 Å². The second kappa shape index (κ2) is 8.72. The third-order valence-electron chi connectivity index (χ3n) is 1.59. The van der Waals surface area contributed by atoms with E-state index in [1.54, 1.807) is 7.11 Å². The number of methoxy groups -OCH3 is 1. The predicted octanol–water partition coefficient (Wildman–Crippen LogP) is -0.771. The smallest absolute Gasteiger partial charge is 0.241 e. The fraction of sp³-hybridized carbons (Fsp3) is 0.600. The first kappa shape index (κ1) is 14.4. The van der Waals surface area contributed by atoms with Crippen molar-refractivity contribution in [2.75, 3.05) is 33.4 Å². The lowest BCUT2D eigenvalue weighted by atomic mass is 10.3. The molecule has 0 aromatic carbocycles. The van der Waals surface area contributed by atoms with Crippen LogP contribution in [0.15, 0.2) is 17.1 Å². The molecule has 0 radical (unpaired) electrons. The topological polar surface area (TPSA) is 88.7 Å². The van der Waals surface area contributed by atoms with Crippen molar-refractivity contribution in [1.82, 2.24) is 10.6 Å². The van der Waals surface area contributed by atoms with E-state index in [2.05, 4.69) is 22.2 Å². The normalized spacial score (nSPS) is 11.0. The molecular formula is C10H20N4O2. The highest BCUT2D eigenvalue weighted by Gasteiger charge is 1.99. The van der Waals surface area contributed by atoms with Crippen molar-refractivity contribution in [3.8, 4) is 0 Å². The Morgan fingerprint density at radius 2 is 2.19 bits per heavy atom. The van der Waals surface area contributed by atoms with Gasteiger partial charge in [-0.3, -0.25) is 4.79 Å². The summed E-state index contributed by atoms with van der Waals surface area (Å²) in [6.07, 6.45) is 0. The Balaban J connectivity index is 3.70. The number of amides is 1. The predicted molar refractivity (Wildman–Crippen MR) is 64.2 cm³/mol. The van der Waals surface area contributed by atoms with Gasteiger partial charge < -0.3 is 21.1 Å². The van der Waals surface area contributed by atoms with Gasteiger partial charge in [0, 0.05) is 20.2 Å². The molecule has 0 unspecified atom stereocenters. The van der Waals surface area contributed by atoms with Crippen molar-refractivity contribution in [3.63, 3.8) is 0 Å². The van der Waals surface area contributed by atoms with Crippen LogP contribution in [0.5, 0.6) is 0 Å². The van der Waals surface area contributed by atoms with Crippen LogP contribution >= 0.6 is 0 Å². The van der Waals surface area contributed by atoms with Gasteiger partial charge >= 0.3 is 0 Å². The summed E-state index contributed by atoms with van der Waals surface area (Å²) in [5.41, 5.74) is 6.47. The van der Waals surface area contributed by atoms with Gasteiger partial charge in [0.05, 0.1) is 6.61 Å². The van der Waals surface area contributed by atoms with Crippen molar-refractivity contribution in [1.29, 1.82) is 0 Å². The molecule has 0 spiro atoms. The number of nitrogens with one attached hydrogen (secondary N) is 2. The average molecular weight is 228 g/mol. The first-order valence-electron chi connectivity index (χ1n) is 5.00. The lowest BCUT2D eigenvalue weighted by Crippen LogP contribution is -2.35. The molecule has 1 amide bonds. The van der Waals surface area contributed by atoms with E-state index >= 15 is 0 Å². The summed E-state index contributed by atoms with van der Waals surface area (Å²) >= 11 is 0. The van der Waals surface area contributed by atoms with Gasteiger partial charge in [-0.1, -0.05) is 12.2 Å². The molecule has 0 aromatic rings. The molecule has 0 aliphatic heterocycles. The van der Waals surface area contributed by atoms with E-state index in [-0.39, 0.29) is 18.4 Å². The maximum atomic E-state index is 11.2. The van der Waals surface area contributed by atoms with E-state index in [4.69, 9.17) is 10.5 Å². The molecule has 0 aliphatic carbocycles. The zero-order valence-corrected chi connectivity index (χ0v) is 9.88. The number of hydrogen-bond donors (Lipinski definition) is 3. The molecule has 0 fully saturated rings. The average Bonchev–Trinajstić information content (AvgIpc) is 2.24. The summed E-state index contributed by atoms with van der Waals surface area (Å²) in [5, 5.41) is 5.46. The molecule has 0 rings (SSSR count). The Morgan fingerprint density at radius 3 is 2.75 bits per heavy atom. The Morgan fingerprint density at radius 1 is 1.50 bits per heavy atom. The standard InChI is InChI=1S/C10H20N4O2/c1-8(2)6-13-10(11)14-7-9(15)12-4-5-16-3/h1,4-7H2,2-3H3,(H,12,15)(H3,11,13,14). The van der Waals surface area contributed by atoms with Gasteiger partial charge in [0.25, 0.3) is 0 Å². The molecule has 92 valence electrons. The van der Waals surface area contributed by atoms with E-state index in [0.717, 1.165) is 5.57 Å².